The maximum absolute atomic E-state index is 12.8. The molecule has 2 rings (SSSR count). The Labute approximate surface area is 120 Å². The quantitative estimate of drug-likeness (QED) is 0.640. The van der Waals surface area contributed by atoms with Gasteiger partial charge in [0.1, 0.15) is 5.82 Å². The van der Waals surface area contributed by atoms with Crippen molar-refractivity contribution in [3.63, 3.8) is 0 Å². The van der Waals surface area contributed by atoms with E-state index in [4.69, 9.17) is 0 Å². The number of hydrogen-bond donors (Lipinski definition) is 0. The summed E-state index contributed by atoms with van der Waals surface area (Å²) in [4.78, 5) is 25.2. The highest BCUT2D eigenvalue weighted by atomic mass is 32.1. The van der Waals surface area contributed by atoms with Crippen LogP contribution in [0.15, 0.2) is 30.3 Å². The molecule has 0 saturated heterocycles. The Morgan fingerprint density at radius 1 is 1.25 bits per heavy atom. The molecule has 104 valence electrons. The first-order chi connectivity index (χ1) is 9.51. The van der Waals surface area contributed by atoms with Gasteiger partial charge in [0, 0.05) is 11.3 Å². The molecule has 0 radical (unpaired) electrons. The van der Waals surface area contributed by atoms with Crippen LogP contribution in [0.25, 0.3) is 0 Å². The molecule has 1 aromatic heterocycles. The summed E-state index contributed by atoms with van der Waals surface area (Å²) in [5, 5.41) is 0. The van der Waals surface area contributed by atoms with Gasteiger partial charge < -0.3 is 4.74 Å². The second-order valence-corrected chi connectivity index (χ2v) is 5.57. The molecule has 0 saturated carbocycles. The fourth-order valence-electron chi connectivity index (χ4n) is 1.85. The van der Waals surface area contributed by atoms with Crippen LogP contribution in [0, 0.1) is 12.7 Å². The minimum Gasteiger partial charge on any atom is -0.465 e. The first kappa shape index (κ1) is 14.4. The van der Waals surface area contributed by atoms with Crippen molar-refractivity contribution in [2.24, 2.45) is 0 Å². The molecule has 0 spiro atoms. The van der Waals surface area contributed by atoms with Crippen LogP contribution in [0.2, 0.25) is 0 Å². The average molecular weight is 292 g/mol. The summed E-state index contributed by atoms with van der Waals surface area (Å²) in [7, 11) is 1.28. The third-order valence-electron chi connectivity index (χ3n) is 2.79. The van der Waals surface area contributed by atoms with E-state index >= 15 is 0 Å². The van der Waals surface area contributed by atoms with Crippen molar-refractivity contribution < 1.29 is 18.7 Å². The van der Waals surface area contributed by atoms with Gasteiger partial charge in [0.15, 0.2) is 5.78 Å². The second kappa shape index (κ2) is 5.96. The second-order valence-electron chi connectivity index (χ2n) is 4.32. The summed E-state index contributed by atoms with van der Waals surface area (Å²) in [6.07, 6.45) is 0.129. The van der Waals surface area contributed by atoms with Gasteiger partial charge in [-0.15, -0.1) is 11.3 Å². The zero-order valence-corrected chi connectivity index (χ0v) is 11.9. The lowest BCUT2D eigenvalue weighted by molar-refractivity contribution is 0.0598. The Kier molecular flexibility index (Phi) is 4.29. The molecule has 5 heteroatoms. The van der Waals surface area contributed by atoms with E-state index in [1.807, 2.05) is 6.92 Å². The molecule has 3 nitrogen and oxygen atoms in total. The Morgan fingerprint density at radius 3 is 2.50 bits per heavy atom. The number of aryl methyl sites for hydroxylation is 1. The minimum absolute atomic E-state index is 0.129. The molecule has 2 aromatic rings. The van der Waals surface area contributed by atoms with Crippen LogP contribution in [-0.4, -0.2) is 18.9 Å². The molecule has 0 aliphatic heterocycles. The lowest BCUT2D eigenvalue weighted by atomic mass is 10.1. The maximum atomic E-state index is 12.8. The number of Topliss-reactive ketones (excluding diaryl/α,β-unsaturated/α-hetero) is 1. The third kappa shape index (κ3) is 3.11. The van der Waals surface area contributed by atoms with Crippen molar-refractivity contribution in [1.29, 1.82) is 0 Å². The summed E-state index contributed by atoms with van der Waals surface area (Å²) >= 11 is 1.26. The first-order valence-electron chi connectivity index (χ1n) is 5.97. The van der Waals surface area contributed by atoms with Crippen LogP contribution in [0.4, 0.5) is 4.39 Å². The third-order valence-corrected chi connectivity index (χ3v) is 3.88. The van der Waals surface area contributed by atoms with Crippen LogP contribution in [0.3, 0.4) is 0 Å². The number of carbonyl (C=O) groups is 2. The predicted octanol–water partition coefficient (Wildman–Crippen LogP) is 3.41. The van der Waals surface area contributed by atoms with Crippen molar-refractivity contribution >= 4 is 23.1 Å². The van der Waals surface area contributed by atoms with E-state index in [9.17, 15) is 14.0 Å². The first-order valence-corrected chi connectivity index (χ1v) is 6.79. The summed E-state index contributed by atoms with van der Waals surface area (Å²) < 4.78 is 17.5. The van der Waals surface area contributed by atoms with Gasteiger partial charge in [-0.3, -0.25) is 4.79 Å². The fraction of sp³-hybridized carbons (Fsp3) is 0.200. The molecule has 0 aliphatic carbocycles. The Morgan fingerprint density at radius 2 is 1.90 bits per heavy atom. The molecule has 0 atom stereocenters. The Balaban J connectivity index is 2.25. The zero-order chi connectivity index (χ0) is 14.7. The molecule has 0 fully saturated rings. The number of thiophene rings is 1. The van der Waals surface area contributed by atoms with E-state index in [0.29, 0.717) is 16.0 Å². The molecular formula is C15H13FO3S. The monoisotopic (exact) mass is 292 g/mol. The van der Waals surface area contributed by atoms with E-state index in [1.54, 1.807) is 18.2 Å². The lowest BCUT2D eigenvalue weighted by Gasteiger charge is -2.02. The SMILES string of the molecule is COC(=O)c1cc(C)sc1C(=O)Cc1ccc(F)cc1. The number of esters is 1. The van der Waals surface area contributed by atoms with Gasteiger partial charge in [0.2, 0.25) is 0 Å². The van der Waals surface area contributed by atoms with Crippen LogP contribution < -0.4 is 0 Å². The van der Waals surface area contributed by atoms with E-state index in [0.717, 1.165) is 4.88 Å². The number of ether oxygens (including phenoxy) is 1. The molecule has 0 aliphatic rings. The molecule has 0 bridgehead atoms. The smallest absolute Gasteiger partial charge is 0.339 e. The van der Waals surface area contributed by atoms with Gasteiger partial charge >= 0.3 is 5.97 Å². The van der Waals surface area contributed by atoms with E-state index < -0.39 is 5.97 Å². The largest absolute Gasteiger partial charge is 0.465 e. The highest BCUT2D eigenvalue weighted by Crippen LogP contribution is 2.24. The van der Waals surface area contributed by atoms with E-state index in [2.05, 4.69) is 4.74 Å². The highest BCUT2D eigenvalue weighted by Gasteiger charge is 2.21. The number of halogens is 1. The topological polar surface area (TPSA) is 43.4 Å². The minimum atomic E-state index is -0.517. The number of ketones is 1. The van der Waals surface area contributed by atoms with Gasteiger partial charge in [0.25, 0.3) is 0 Å². The Hall–Kier alpha value is -2.01. The van der Waals surface area contributed by atoms with Crippen LogP contribution in [-0.2, 0) is 11.2 Å². The van der Waals surface area contributed by atoms with E-state index in [1.165, 1.54) is 30.6 Å². The normalized spacial score (nSPS) is 10.3. The summed E-state index contributed by atoms with van der Waals surface area (Å²) in [6, 6.07) is 7.39. The summed E-state index contributed by atoms with van der Waals surface area (Å²) in [5.74, 6) is -1.03. The molecule has 1 aromatic carbocycles. The van der Waals surface area contributed by atoms with Gasteiger partial charge in [-0.25, -0.2) is 9.18 Å². The van der Waals surface area contributed by atoms with Crippen LogP contribution >= 0.6 is 11.3 Å². The molecule has 20 heavy (non-hydrogen) atoms. The van der Waals surface area contributed by atoms with Gasteiger partial charge in [-0.05, 0) is 30.7 Å². The summed E-state index contributed by atoms with van der Waals surface area (Å²) in [6.45, 7) is 1.83. The van der Waals surface area contributed by atoms with E-state index in [-0.39, 0.29) is 18.0 Å². The van der Waals surface area contributed by atoms with Crippen molar-refractivity contribution in [2.75, 3.05) is 7.11 Å². The predicted molar refractivity (Wildman–Crippen MR) is 74.8 cm³/mol. The van der Waals surface area contributed by atoms with Crippen molar-refractivity contribution in [1.82, 2.24) is 0 Å². The van der Waals surface area contributed by atoms with Crippen molar-refractivity contribution in [2.45, 2.75) is 13.3 Å². The molecule has 0 N–H and O–H groups in total. The van der Waals surface area contributed by atoms with Crippen molar-refractivity contribution in [3.8, 4) is 0 Å². The highest BCUT2D eigenvalue weighted by molar-refractivity contribution is 7.14. The van der Waals surface area contributed by atoms with Gasteiger partial charge in [-0.2, -0.15) is 0 Å². The van der Waals surface area contributed by atoms with Crippen molar-refractivity contribution in [3.05, 3.63) is 57.0 Å². The fourth-order valence-corrected chi connectivity index (χ4v) is 2.79. The van der Waals surface area contributed by atoms with Gasteiger partial charge in [0.05, 0.1) is 17.6 Å². The number of hydrogen-bond acceptors (Lipinski definition) is 4. The number of carbonyl (C=O) groups excluding carboxylic acids is 2. The lowest BCUT2D eigenvalue weighted by Crippen LogP contribution is -2.09. The number of rotatable bonds is 4. The molecule has 1 heterocycles. The molecule has 0 unspecified atom stereocenters. The number of benzene rings is 1. The zero-order valence-electron chi connectivity index (χ0n) is 11.1. The number of methoxy groups -OCH3 is 1. The maximum Gasteiger partial charge on any atom is 0.339 e. The van der Waals surface area contributed by atoms with Gasteiger partial charge in [-0.1, -0.05) is 12.1 Å². The average Bonchev–Trinajstić information content (AvgIpc) is 2.82. The summed E-state index contributed by atoms with van der Waals surface area (Å²) in [5.41, 5.74) is 1.00. The standard InChI is InChI=1S/C15H13FO3S/c1-9-7-12(15(18)19-2)14(20-9)13(17)8-10-3-5-11(16)6-4-10/h3-7H,8H2,1-2H3. The Bertz CT molecular complexity index is 644. The van der Waals surface area contributed by atoms with Crippen LogP contribution in [0.1, 0.15) is 30.5 Å². The molecule has 0 amide bonds. The van der Waals surface area contributed by atoms with Crippen LogP contribution in [0.5, 0.6) is 0 Å². The molecular weight excluding hydrogens is 279 g/mol.